The van der Waals surface area contributed by atoms with Gasteiger partial charge in [-0.2, -0.15) is 5.06 Å². The van der Waals surface area contributed by atoms with Crippen molar-refractivity contribution in [2.24, 2.45) is 34.5 Å². The highest BCUT2D eigenvalue weighted by Crippen LogP contribution is 2.70. The quantitative estimate of drug-likeness (QED) is 0.244. The second-order valence-electron chi connectivity index (χ2n) is 14.0. The van der Waals surface area contributed by atoms with Crippen LogP contribution in [-0.4, -0.2) is 99.2 Å². The van der Waals surface area contributed by atoms with E-state index in [9.17, 15) is 30.3 Å². The predicted molar refractivity (Wildman–Crippen MR) is 142 cm³/mol. The number of hydrogen-bond acceptors (Lipinski definition) is 10. The zero-order valence-electron chi connectivity index (χ0n) is 23.9. The standard InChI is InChI=1S/C30H47NO9/c1-28-9-6-18(31(38-3)27-26(36)25(35)24(34)22(14-32)40-27)13-17(28)4-5-21-20(28)7-10-29(2)19(8-11-30(21,29)37)16-12-23(33)39-15-16/h12,17-22,24-27,32,34-37H,4-11,13-15H2,1-3H3/t17?,18-,19+,20?,21?,22+,24+,25+,26+,27?,28-,29+,30-/m0/s1. The second kappa shape index (κ2) is 10.3. The van der Waals surface area contributed by atoms with E-state index in [1.807, 2.05) is 0 Å². The van der Waals surface area contributed by atoms with Crippen LogP contribution in [0.5, 0.6) is 0 Å². The highest BCUT2D eigenvalue weighted by Gasteiger charge is 2.68. The van der Waals surface area contributed by atoms with Gasteiger partial charge < -0.3 is 35.0 Å². The summed E-state index contributed by atoms with van der Waals surface area (Å²) in [6, 6.07) is -0.0549. The lowest BCUT2D eigenvalue weighted by Gasteiger charge is -2.64. The Labute approximate surface area is 236 Å². The topological polar surface area (TPSA) is 149 Å². The van der Waals surface area contributed by atoms with Crippen LogP contribution in [0.2, 0.25) is 0 Å². The van der Waals surface area contributed by atoms with Crippen molar-refractivity contribution in [2.45, 2.75) is 114 Å². The number of nitrogens with zero attached hydrogens (tertiary/aromatic N) is 1. The van der Waals surface area contributed by atoms with Gasteiger partial charge in [-0.3, -0.25) is 4.84 Å². The molecule has 4 unspecified atom stereocenters. The largest absolute Gasteiger partial charge is 0.458 e. The number of fused-ring (bicyclic) bond motifs is 5. The molecule has 40 heavy (non-hydrogen) atoms. The van der Waals surface area contributed by atoms with Crippen LogP contribution in [0, 0.1) is 34.5 Å². The normalized spacial score (nSPS) is 52.5. The van der Waals surface area contributed by atoms with Crippen molar-refractivity contribution < 1.29 is 44.6 Å². The zero-order valence-corrected chi connectivity index (χ0v) is 23.9. The van der Waals surface area contributed by atoms with E-state index in [1.54, 1.807) is 11.1 Å². The lowest BCUT2D eigenvalue weighted by molar-refractivity contribution is -0.344. The molecule has 0 amide bonds. The number of carbonyl (C=O) groups excluding carboxylic acids is 1. The Kier molecular flexibility index (Phi) is 7.43. The summed E-state index contributed by atoms with van der Waals surface area (Å²) >= 11 is 0. The van der Waals surface area contributed by atoms with Crippen LogP contribution in [0.1, 0.15) is 71.6 Å². The number of aliphatic hydroxyl groups excluding tert-OH is 4. The third-order valence-electron chi connectivity index (χ3n) is 12.6. The van der Waals surface area contributed by atoms with Gasteiger partial charge in [0.05, 0.1) is 19.3 Å². The SMILES string of the molecule is CON(C1O[C@H](CO)[C@@H](O)[C@@H](O)[C@H]1O)[C@H]1CC[C@@]2(C)C(CCC3C2CC[C@]2(C)[C@@H](C4=CC(=O)OC4)CC[C@]32O)C1. The summed E-state index contributed by atoms with van der Waals surface area (Å²) in [4.78, 5) is 17.6. The summed E-state index contributed by atoms with van der Waals surface area (Å²) in [5.74, 6) is 0.949. The van der Waals surface area contributed by atoms with Crippen molar-refractivity contribution in [2.75, 3.05) is 20.3 Å². The van der Waals surface area contributed by atoms with Crippen molar-refractivity contribution in [3.63, 3.8) is 0 Å². The van der Waals surface area contributed by atoms with Crippen LogP contribution in [0.3, 0.4) is 0 Å². The predicted octanol–water partition coefficient (Wildman–Crippen LogP) is 1.28. The van der Waals surface area contributed by atoms with Gasteiger partial charge in [0.2, 0.25) is 0 Å². The molecule has 4 saturated carbocycles. The van der Waals surface area contributed by atoms with Crippen molar-refractivity contribution in [1.29, 1.82) is 0 Å². The van der Waals surface area contributed by atoms with Crippen LogP contribution >= 0.6 is 0 Å². The fourth-order valence-electron chi connectivity index (χ4n) is 10.4. The van der Waals surface area contributed by atoms with Gasteiger partial charge in [-0.05, 0) is 92.4 Å². The Hall–Kier alpha value is -1.11. The van der Waals surface area contributed by atoms with Gasteiger partial charge in [-0.1, -0.05) is 13.8 Å². The van der Waals surface area contributed by atoms with Crippen molar-refractivity contribution >= 4 is 5.97 Å². The molecular formula is C30H47NO9. The smallest absolute Gasteiger partial charge is 0.331 e. The summed E-state index contributed by atoms with van der Waals surface area (Å²) in [6.07, 6.45) is 3.63. The lowest BCUT2D eigenvalue weighted by atomic mass is 9.43. The first-order valence-corrected chi connectivity index (χ1v) is 15.2. The van der Waals surface area contributed by atoms with Gasteiger partial charge in [0.15, 0.2) is 6.23 Å². The maximum Gasteiger partial charge on any atom is 0.331 e. The summed E-state index contributed by atoms with van der Waals surface area (Å²) in [5, 5.41) is 55.1. The maximum atomic E-state index is 12.4. The molecule has 0 spiro atoms. The van der Waals surface area contributed by atoms with Crippen LogP contribution in [0.25, 0.3) is 0 Å². The van der Waals surface area contributed by atoms with Crippen LogP contribution < -0.4 is 0 Å². The number of cyclic esters (lactones) is 1. The highest BCUT2D eigenvalue weighted by molar-refractivity contribution is 5.85. The Morgan fingerprint density at radius 1 is 1.00 bits per heavy atom. The number of hydrogen-bond donors (Lipinski definition) is 5. The average molecular weight is 566 g/mol. The molecular weight excluding hydrogens is 518 g/mol. The molecule has 0 aromatic carbocycles. The number of aliphatic hydroxyl groups is 5. The third-order valence-corrected chi connectivity index (χ3v) is 12.6. The lowest BCUT2D eigenvalue weighted by Crippen LogP contribution is -2.66. The molecule has 5 fully saturated rings. The summed E-state index contributed by atoms with van der Waals surface area (Å²) in [6.45, 7) is 4.53. The van der Waals surface area contributed by atoms with Crippen LogP contribution in [0.15, 0.2) is 11.6 Å². The molecule has 10 heteroatoms. The third kappa shape index (κ3) is 4.08. The van der Waals surface area contributed by atoms with Gasteiger partial charge >= 0.3 is 5.97 Å². The molecule has 226 valence electrons. The molecule has 0 radical (unpaired) electrons. The maximum absolute atomic E-state index is 12.4. The minimum absolute atomic E-state index is 0.0549. The number of ether oxygens (including phenoxy) is 2. The first kappa shape index (κ1) is 29.0. The van der Waals surface area contributed by atoms with E-state index in [0.717, 1.165) is 63.4 Å². The number of hydroxylamine groups is 2. The van der Waals surface area contributed by atoms with E-state index >= 15 is 0 Å². The number of rotatable bonds is 5. The molecule has 5 N–H and O–H groups in total. The monoisotopic (exact) mass is 565 g/mol. The molecule has 2 aliphatic heterocycles. The highest BCUT2D eigenvalue weighted by atomic mass is 16.7. The van der Waals surface area contributed by atoms with Gasteiger partial charge in [-0.25, -0.2) is 4.79 Å². The van der Waals surface area contributed by atoms with Gasteiger partial charge in [0, 0.05) is 17.5 Å². The Balaban J connectivity index is 1.19. The molecule has 2 heterocycles. The molecule has 1 saturated heterocycles. The average Bonchev–Trinajstić information content (AvgIpc) is 3.48. The van der Waals surface area contributed by atoms with E-state index in [2.05, 4.69) is 13.8 Å². The molecule has 13 atom stereocenters. The summed E-state index contributed by atoms with van der Waals surface area (Å²) in [7, 11) is 1.53. The molecule has 0 aromatic rings. The minimum Gasteiger partial charge on any atom is -0.458 e. The van der Waals surface area contributed by atoms with Gasteiger partial charge in [-0.15, -0.1) is 0 Å². The number of esters is 1. The Morgan fingerprint density at radius 2 is 1.77 bits per heavy atom. The Bertz CT molecular complexity index is 1020. The zero-order chi connectivity index (χ0) is 28.6. The van der Waals surface area contributed by atoms with E-state index in [-0.39, 0.29) is 34.7 Å². The van der Waals surface area contributed by atoms with E-state index in [0.29, 0.717) is 18.4 Å². The first-order valence-electron chi connectivity index (χ1n) is 15.2. The van der Waals surface area contributed by atoms with Crippen LogP contribution in [-0.2, 0) is 19.1 Å². The molecule has 0 bridgehead atoms. The summed E-state index contributed by atoms with van der Waals surface area (Å²) < 4.78 is 11.1. The minimum atomic E-state index is -1.45. The van der Waals surface area contributed by atoms with E-state index in [4.69, 9.17) is 14.3 Å². The summed E-state index contributed by atoms with van der Waals surface area (Å²) in [5.41, 5.74) is 0.0988. The van der Waals surface area contributed by atoms with Crippen molar-refractivity contribution in [3.05, 3.63) is 11.6 Å². The molecule has 6 rings (SSSR count). The van der Waals surface area contributed by atoms with E-state index < -0.39 is 42.9 Å². The number of carbonyl (C=O) groups is 1. The van der Waals surface area contributed by atoms with Crippen LogP contribution in [0.4, 0.5) is 0 Å². The fourth-order valence-corrected chi connectivity index (χ4v) is 10.4. The van der Waals surface area contributed by atoms with Gasteiger partial charge in [0.1, 0.15) is 31.0 Å². The molecule has 6 aliphatic rings. The molecule has 4 aliphatic carbocycles. The molecule has 10 nitrogen and oxygen atoms in total. The second-order valence-corrected chi connectivity index (χ2v) is 14.0. The van der Waals surface area contributed by atoms with E-state index in [1.165, 1.54) is 7.11 Å². The van der Waals surface area contributed by atoms with Crippen molar-refractivity contribution in [3.8, 4) is 0 Å². The fraction of sp³-hybridized carbons (Fsp3) is 0.900. The van der Waals surface area contributed by atoms with Gasteiger partial charge in [0.25, 0.3) is 0 Å². The molecule has 0 aromatic heterocycles. The van der Waals surface area contributed by atoms with Crippen molar-refractivity contribution in [1.82, 2.24) is 5.06 Å². The Morgan fingerprint density at radius 3 is 2.45 bits per heavy atom. The first-order chi connectivity index (χ1) is 19.0.